The first kappa shape index (κ1) is 15.4. The minimum absolute atomic E-state index is 0.101. The maximum Gasteiger partial charge on any atom is 0.326 e. The summed E-state index contributed by atoms with van der Waals surface area (Å²) in [5, 5.41) is 4.60. The van der Waals surface area contributed by atoms with Crippen LogP contribution in [0.3, 0.4) is 0 Å². The Balaban J connectivity index is 1.50. The Morgan fingerprint density at radius 2 is 1.96 bits per heavy atom. The van der Waals surface area contributed by atoms with E-state index in [-0.39, 0.29) is 5.69 Å². The third kappa shape index (κ3) is 3.81. The van der Waals surface area contributed by atoms with Crippen LogP contribution in [0.15, 0.2) is 58.5 Å². The molecule has 23 heavy (non-hydrogen) atoms. The fraction of sp³-hybridized carbons (Fsp3) is 0.176. The van der Waals surface area contributed by atoms with Crippen LogP contribution < -0.4 is 5.69 Å². The third-order valence-corrected chi connectivity index (χ3v) is 3.70. The van der Waals surface area contributed by atoms with Crippen LogP contribution in [0.5, 0.6) is 0 Å². The number of nitrogens with one attached hydrogen (secondary N) is 1. The minimum Gasteiger partial charge on any atom is -0.396 e. The van der Waals surface area contributed by atoms with E-state index in [1.54, 1.807) is 22.9 Å². The van der Waals surface area contributed by atoms with E-state index in [1.807, 2.05) is 36.4 Å². The van der Waals surface area contributed by atoms with Gasteiger partial charge in [-0.1, -0.05) is 41.0 Å². The lowest BCUT2D eigenvalue weighted by Crippen LogP contribution is -2.17. The van der Waals surface area contributed by atoms with E-state index in [9.17, 15) is 4.79 Å². The summed E-state index contributed by atoms with van der Waals surface area (Å²) in [6.45, 7) is 1.02. The number of benzene rings is 2. The zero-order valence-electron chi connectivity index (χ0n) is 12.4. The first-order valence-electron chi connectivity index (χ1n) is 7.32. The van der Waals surface area contributed by atoms with Gasteiger partial charge in [-0.3, -0.25) is 4.57 Å². The van der Waals surface area contributed by atoms with Gasteiger partial charge in [0.1, 0.15) is 6.61 Å². The van der Waals surface area contributed by atoms with Crippen LogP contribution in [0.4, 0.5) is 0 Å². The first-order chi connectivity index (χ1) is 11.2. The van der Waals surface area contributed by atoms with Crippen molar-refractivity contribution in [3.05, 3.63) is 69.6 Å². The average molecular weight is 330 g/mol. The lowest BCUT2D eigenvalue weighted by molar-refractivity contribution is 0.140. The number of H-pyrrole nitrogens is 1. The average Bonchev–Trinajstić information content (AvgIpc) is 2.88. The molecule has 3 rings (SSSR count). The van der Waals surface area contributed by atoms with Crippen molar-refractivity contribution < 1.29 is 4.84 Å². The van der Waals surface area contributed by atoms with Gasteiger partial charge in [0, 0.05) is 18.0 Å². The number of fused-ring (bicyclic) bond motifs is 1. The molecule has 0 fully saturated rings. The quantitative estimate of drug-likeness (QED) is 0.428. The summed E-state index contributed by atoms with van der Waals surface area (Å²) in [4.78, 5) is 20.0. The zero-order valence-corrected chi connectivity index (χ0v) is 13.2. The van der Waals surface area contributed by atoms with Gasteiger partial charge in [0.2, 0.25) is 0 Å². The van der Waals surface area contributed by atoms with Gasteiger partial charge < -0.3 is 9.82 Å². The van der Waals surface area contributed by atoms with Crippen LogP contribution in [0.1, 0.15) is 12.0 Å². The lowest BCUT2D eigenvalue weighted by atomic mass is 10.2. The summed E-state index contributed by atoms with van der Waals surface area (Å²) in [6.07, 6.45) is 2.33. The molecule has 0 spiro atoms. The van der Waals surface area contributed by atoms with Crippen molar-refractivity contribution in [2.75, 3.05) is 6.61 Å². The molecule has 1 aromatic heterocycles. The van der Waals surface area contributed by atoms with Crippen molar-refractivity contribution in [2.24, 2.45) is 5.16 Å². The fourth-order valence-corrected chi connectivity index (χ4v) is 2.44. The molecule has 0 unspecified atom stereocenters. The van der Waals surface area contributed by atoms with E-state index in [0.29, 0.717) is 24.6 Å². The van der Waals surface area contributed by atoms with Gasteiger partial charge in [-0.2, -0.15) is 0 Å². The Kier molecular flexibility index (Phi) is 4.78. The Bertz CT molecular complexity index is 865. The molecule has 0 aliphatic carbocycles. The van der Waals surface area contributed by atoms with E-state index >= 15 is 0 Å². The number of hydrogen-bond acceptors (Lipinski definition) is 3. The Labute approximate surface area is 138 Å². The second-order valence-corrected chi connectivity index (χ2v) is 5.51. The molecule has 118 valence electrons. The van der Waals surface area contributed by atoms with Crippen molar-refractivity contribution in [2.45, 2.75) is 13.0 Å². The van der Waals surface area contributed by atoms with E-state index < -0.39 is 0 Å². The molecule has 1 N–H and O–H groups in total. The summed E-state index contributed by atoms with van der Waals surface area (Å²) in [5.74, 6) is 0. The van der Waals surface area contributed by atoms with Gasteiger partial charge in [-0.05, 0) is 29.8 Å². The molecule has 3 aromatic rings. The summed E-state index contributed by atoms with van der Waals surface area (Å²) < 4.78 is 1.71. The maximum absolute atomic E-state index is 11.9. The number of aromatic nitrogens is 2. The van der Waals surface area contributed by atoms with E-state index in [4.69, 9.17) is 16.4 Å². The highest BCUT2D eigenvalue weighted by Crippen LogP contribution is 2.09. The molecule has 0 atom stereocenters. The number of rotatable bonds is 6. The summed E-state index contributed by atoms with van der Waals surface area (Å²) in [7, 11) is 0. The number of aryl methyl sites for hydroxylation is 1. The Hall–Kier alpha value is -2.53. The van der Waals surface area contributed by atoms with Gasteiger partial charge in [0.05, 0.1) is 17.2 Å². The predicted octanol–water partition coefficient (Wildman–Crippen LogP) is 3.42. The monoisotopic (exact) mass is 329 g/mol. The molecule has 0 radical (unpaired) electrons. The van der Waals surface area contributed by atoms with Crippen molar-refractivity contribution >= 4 is 28.8 Å². The number of aromatic amines is 1. The number of para-hydroxylation sites is 2. The van der Waals surface area contributed by atoms with Crippen LogP contribution in [0, 0.1) is 0 Å². The first-order valence-corrected chi connectivity index (χ1v) is 7.70. The molecule has 1 heterocycles. The summed E-state index contributed by atoms with van der Waals surface area (Å²) in [5.41, 5.74) is 2.57. The molecule has 0 amide bonds. The number of oxime groups is 1. The number of nitrogens with zero attached hydrogens (tertiary/aromatic N) is 2. The molecule has 0 saturated heterocycles. The molecular formula is C17H16ClN3O2. The second-order valence-electron chi connectivity index (χ2n) is 5.07. The summed E-state index contributed by atoms with van der Waals surface area (Å²) >= 11 is 5.81. The number of hydrogen-bond donors (Lipinski definition) is 1. The molecular weight excluding hydrogens is 314 g/mol. The van der Waals surface area contributed by atoms with Gasteiger partial charge in [0.25, 0.3) is 0 Å². The van der Waals surface area contributed by atoms with E-state index in [0.717, 1.165) is 16.6 Å². The predicted molar refractivity (Wildman–Crippen MR) is 92.2 cm³/mol. The van der Waals surface area contributed by atoms with Crippen LogP contribution in [-0.2, 0) is 11.4 Å². The molecule has 5 nitrogen and oxygen atoms in total. The van der Waals surface area contributed by atoms with Gasteiger partial charge in [-0.15, -0.1) is 0 Å². The maximum atomic E-state index is 11.9. The molecule has 0 aliphatic rings. The third-order valence-electron chi connectivity index (χ3n) is 3.45. The smallest absolute Gasteiger partial charge is 0.326 e. The van der Waals surface area contributed by atoms with Crippen LogP contribution in [0.2, 0.25) is 5.02 Å². The molecule has 2 aromatic carbocycles. The van der Waals surface area contributed by atoms with Crippen LogP contribution >= 0.6 is 11.6 Å². The number of halogens is 1. The Morgan fingerprint density at radius 1 is 1.17 bits per heavy atom. The van der Waals surface area contributed by atoms with Crippen LogP contribution in [0.25, 0.3) is 11.0 Å². The van der Waals surface area contributed by atoms with Crippen molar-refractivity contribution in [3.8, 4) is 0 Å². The fourth-order valence-electron chi connectivity index (χ4n) is 2.32. The second kappa shape index (κ2) is 7.15. The standard InChI is InChI=1S/C17H16ClN3O2/c18-14-8-6-13(7-9-14)12-19-23-11-3-10-21-16-5-2-1-4-15(16)20-17(21)22/h1-2,4-9,12H,3,10-11H2,(H,20,22)/b19-12-. The zero-order chi connectivity index (χ0) is 16.1. The van der Waals surface area contributed by atoms with Gasteiger partial charge in [0.15, 0.2) is 0 Å². The lowest BCUT2D eigenvalue weighted by Gasteiger charge is -2.02. The number of imidazole rings is 1. The normalized spacial score (nSPS) is 11.3. The topological polar surface area (TPSA) is 59.4 Å². The SMILES string of the molecule is O=c1[nH]c2ccccc2n1CCCO/N=C\c1ccc(Cl)cc1. The summed E-state index contributed by atoms with van der Waals surface area (Å²) in [6, 6.07) is 14.9. The highest BCUT2D eigenvalue weighted by molar-refractivity contribution is 6.30. The highest BCUT2D eigenvalue weighted by atomic mass is 35.5. The largest absolute Gasteiger partial charge is 0.396 e. The molecule has 6 heteroatoms. The van der Waals surface area contributed by atoms with Crippen LogP contribution in [-0.4, -0.2) is 22.4 Å². The van der Waals surface area contributed by atoms with E-state index in [1.165, 1.54) is 0 Å². The Morgan fingerprint density at radius 3 is 2.78 bits per heavy atom. The highest BCUT2D eigenvalue weighted by Gasteiger charge is 2.04. The molecule has 0 aliphatic heterocycles. The van der Waals surface area contributed by atoms with Gasteiger partial charge >= 0.3 is 5.69 Å². The van der Waals surface area contributed by atoms with Crippen molar-refractivity contribution in [1.29, 1.82) is 0 Å². The van der Waals surface area contributed by atoms with Gasteiger partial charge in [-0.25, -0.2) is 4.79 Å². The van der Waals surface area contributed by atoms with Crippen molar-refractivity contribution in [3.63, 3.8) is 0 Å². The molecule has 0 bridgehead atoms. The molecule has 0 saturated carbocycles. The minimum atomic E-state index is -0.101. The van der Waals surface area contributed by atoms with Crippen molar-refractivity contribution in [1.82, 2.24) is 9.55 Å². The van der Waals surface area contributed by atoms with E-state index in [2.05, 4.69) is 10.1 Å².